The first-order valence-corrected chi connectivity index (χ1v) is 6.75. The fourth-order valence-corrected chi connectivity index (χ4v) is 2.65. The molecule has 0 heterocycles. The average Bonchev–Trinajstić information content (AvgIpc) is 2.43. The first kappa shape index (κ1) is 13.2. The maximum atomic E-state index is 5.47. The molecule has 1 atom stereocenters. The molecule has 0 spiro atoms. The maximum absolute atomic E-state index is 5.47. The molecular formula is C15H23NO2. The molecule has 0 bridgehead atoms. The van der Waals surface area contributed by atoms with Crippen molar-refractivity contribution < 1.29 is 9.47 Å². The fourth-order valence-electron chi connectivity index (χ4n) is 2.65. The van der Waals surface area contributed by atoms with E-state index >= 15 is 0 Å². The summed E-state index contributed by atoms with van der Waals surface area (Å²) in [6, 6.07) is 4.73. The molecule has 0 saturated heterocycles. The highest BCUT2D eigenvalue weighted by molar-refractivity contribution is 5.48. The maximum Gasteiger partial charge on any atom is 0.126 e. The Kier molecular flexibility index (Phi) is 4.48. The number of benzene rings is 1. The van der Waals surface area contributed by atoms with Crippen molar-refractivity contribution in [2.24, 2.45) is 0 Å². The molecule has 1 aliphatic carbocycles. The Bertz CT molecular complexity index is 404. The van der Waals surface area contributed by atoms with Crippen molar-refractivity contribution in [3.63, 3.8) is 0 Å². The third-order valence-electron chi connectivity index (χ3n) is 3.62. The molecule has 0 radical (unpaired) electrons. The first-order chi connectivity index (χ1) is 8.78. The van der Waals surface area contributed by atoms with Crippen LogP contribution in [0.1, 0.15) is 30.9 Å². The van der Waals surface area contributed by atoms with Gasteiger partial charge in [0.05, 0.1) is 14.2 Å². The smallest absolute Gasteiger partial charge is 0.126 e. The van der Waals surface area contributed by atoms with Gasteiger partial charge in [0.1, 0.15) is 11.5 Å². The summed E-state index contributed by atoms with van der Waals surface area (Å²) in [6.07, 6.45) is 4.53. The minimum Gasteiger partial charge on any atom is -0.497 e. The van der Waals surface area contributed by atoms with Crippen molar-refractivity contribution in [2.45, 2.75) is 38.6 Å². The summed E-state index contributed by atoms with van der Waals surface area (Å²) in [4.78, 5) is 0. The third-order valence-corrected chi connectivity index (χ3v) is 3.62. The number of nitrogens with one attached hydrogen (secondary N) is 1. The Balaban J connectivity index is 2.19. The van der Waals surface area contributed by atoms with Crippen LogP contribution in [-0.4, -0.2) is 26.8 Å². The molecule has 0 fully saturated rings. The monoisotopic (exact) mass is 249 g/mol. The summed E-state index contributed by atoms with van der Waals surface area (Å²) in [5, 5.41) is 3.61. The van der Waals surface area contributed by atoms with Gasteiger partial charge in [-0.05, 0) is 49.4 Å². The van der Waals surface area contributed by atoms with E-state index in [2.05, 4.69) is 18.3 Å². The molecule has 1 aromatic rings. The number of ether oxygens (including phenoxy) is 2. The van der Waals surface area contributed by atoms with Gasteiger partial charge < -0.3 is 14.8 Å². The zero-order chi connectivity index (χ0) is 13.0. The van der Waals surface area contributed by atoms with Crippen LogP contribution >= 0.6 is 0 Å². The van der Waals surface area contributed by atoms with Gasteiger partial charge in [0.15, 0.2) is 0 Å². The Morgan fingerprint density at radius 3 is 2.78 bits per heavy atom. The van der Waals surface area contributed by atoms with Crippen molar-refractivity contribution in [2.75, 3.05) is 20.8 Å². The molecule has 0 saturated carbocycles. The fraction of sp³-hybridized carbons (Fsp3) is 0.600. The Morgan fingerprint density at radius 1 is 1.28 bits per heavy atom. The largest absolute Gasteiger partial charge is 0.497 e. The molecule has 3 nitrogen and oxygen atoms in total. The SMILES string of the molecule is CCCN[C@@H]1CCc2c(cc(OC)cc2OC)C1. The average molecular weight is 249 g/mol. The van der Waals surface area contributed by atoms with E-state index in [4.69, 9.17) is 9.47 Å². The summed E-state index contributed by atoms with van der Waals surface area (Å²) in [6.45, 7) is 3.30. The van der Waals surface area contributed by atoms with Gasteiger partial charge in [0, 0.05) is 12.1 Å². The molecule has 0 unspecified atom stereocenters. The van der Waals surface area contributed by atoms with E-state index < -0.39 is 0 Å². The van der Waals surface area contributed by atoms with E-state index in [9.17, 15) is 0 Å². The van der Waals surface area contributed by atoms with Crippen LogP contribution in [0.25, 0.3) is 0 Å². The predicted octanol–water partition coefficient (Wildman–Crippen LogP) is 2.56. The second kappa shape index (κ2) is 6.10. The molecule has 3 heteroatoms. The molecule has 100 valence electrons. The van der Waals surface area contributed by atoms with Gasteiger partial charge in [-0.2, -0.15) is 0 Å². The molecular weight excluding hydrogens is 226 g/mol. The van der Waals surface area contributed by atoms with E-state index in [0.717, 1.165) is 30.9 Å². The Morgan fingerprint density at radius 2 is 2.11 bits per heavy atom. The summed E-state index contributed by atoms with van der Waals surface area (Å²) < 4.78 is 10.8. The van der Waals surface area contributed by atoms with Gasteiger partial charge in [-0.15, -0.1) is 0 Å². The van der Waals surface area contributed by atoms with E-state index in [-0.39, 0.29) is 0 Å². The Hall–Kier alpha value is -1.22. The van der Waals surface area contributed by atoms with E-state index in [1.165, 1.54) is 24.0 Å². The molecule has 1 aromatic carbocycles. The molecule has 1 N–H and O–H groups in total. The van der Waals surface area contributed by atoms with Crippen LogP contribution in [0.3, 0.4) is 0 Å². The molecule has 0 aromatic heterocycles. The van der Waals surface area contributed by atoms with Gasteiger partial charge in [0.2, 0.25) is 0 Å². The van der Waals surface area contributed by atoms with Crippen molar-refractivity contribution in [3.05, 3.63) is 23.3 Å². The first-order valence-electron chi connectivity index (χ1n) is 6.75. The van der Waals surface area contributed by atoms with E-state index in [1.54, 1.807) is 14.2 Å². The number of fused-ring (bicyclic) bond motifs is 1. The second-order valence-electron chi connectivity index (χ2n) is 4.86. The summed E-state index contributed by atoms with van der Waals surface area (Å²) in [7, 11) is 3.44. The third kappa shape index (κ3) is 2.78. The minimum absolute atomic E-state index is 0.592. The van der Waals surface area contributed by atoms with Gasteiger partial charge in [-0.25, -0.2) is 0 Å². The molecule has 1 aliphatic rings. The summed E-state index contributed by atoms with van der Waals surface area (Å²) >= 11 is 0. The van der Waals surface area contributed by atoms with Crippen LogP contribution < -0.4 is 14.8 Å². The number of rotatable bonds is 5. The quantitative estimate of drug-likeness (QED) is 0.870. The topological polar surface area (TPSA) is 30.5 Å². The number of hydrogen-bond donors (Lipinski definition) is 1. The van der Waals surface area contributed by atoms with Crippen LogP contribution in [0, 0.1) is 0 Å². The van der Waals surface area contributed by atoms with Crippen LogP contribution in [0.5, 0.6) is 11.5 Å². The Labute approximate surface area is 109 Å². The lowest BCUT2D eigenvalue weighted by molar-refractivity contribution is 0.381. The van der Waals surface area contributed by atoms with Crippen LogP contribution in [0.2, 0.25) is 0 Å². The van der Waals surface area contributed by atoms with Gasteiger partial charge in [-0.3, -0.25) is 0 Å². The zero-order valence-corrected chi connectivity index (χ0v) is 11.6. The molecule has 0 amide bonds. The van der Waals surface area contributed by atoms with Gasteiger partial charge >= 0.3 is 0 Å². The van der Waals surface area contributed by atoms with Crippen LogP contribution in [0.4, 0.5) is 0 Å². The predicted molar refractivity (Wildman–Crippen MR) is 73.7 cm³/mol. The summed E-state index contributed by atoms with van der Waals surface area (Å²) in [5.74, 6) is 1.86. The molecule has 2 rings (SSSR count). The highest BCUT2D eigenvalue weighted by Crippen LogP contribution is 2.33. The minimum atomic E-state index is 0.592. The lowest BCUT2D eigenvalue weighted by atomic mass is 9.87. The number of hydrogen-bond acceptors (Lipinski definition) is 3. The zero-order valence-electron chi connectivity index (χ0n) is 11.6. The van der Waals surface area contributed by atoms with Crippen molar-refractivity contribution in [1.82, 2.24) is 5.32 Å². The molecule has 18 heavy (non-hydrogen) atoms. The van der Waals surface area contributed by atoms with Crippen LogP contribution in [-0.2, 0) is 12.8 Å². The van der Waals surface area contributed by atoms with E-state index in [1.807, 2.05) is 6.07 Å². The lowest BCUT2D eigenvalue weighted by Gasteiger charge is -2.27. The highest BCUT2D eigenvalue weighted by Gasteiger charge is 2.21. The lowest BCUT2D eigenvalue weighted by Crippen LogP contribution is -2.35. The van der Waals surface area contributed by atoms with Crippen molar-refractivity contribution in [1.29, 1.82) is 0 Å². The van der Waals surface area contributed by atoms with Crippen molar-refractivity contribution in [3.8, 4) is 11.5 Å². The van der Waals surface area contributed by atoms with Crippen molar-refractivity contribution >= 4 is 0 Å². The standard InChI is InChI=1S/C15H23NO2/c1-4-7-16-12-5-6-14-11(8-12)9-13(17-2)10-15(14)18-3/h9-10,12,16H,4-8H2,1-3H3/t12-/m1/s1. The normalized spacial score (nSPS) is 18.3. The second-order valence-corrected chi connectivity index (χ2v) is 4.86. The van der Waals surface area contributed by atoms with Gasteiger partial charge in [-0.1, -0.05) is 6.92 Å². The highest BCUT2D eigenvalue weighted by atomic mass is 16.5. The summed E-state index contributed by atoms with van der Waals surface area (Å²) in [5.41, 5.74) is 2.72. The van der Waals surface area contributed by atoms with E-state index in [0.29, 0.717) is 6.04 Å². The van der Waals surface area contributed by atoms with Gasteiger partial charge in [0.25, 0.3) is 0 Å². The number of methoxy groups -OCH3 is 2. The molecule has 0 aliphatic heterocycles. The van der Waals surface area contributed by atoms with Crippen LogP contribution in [0.15, 0.2) is 12.1 Å².